The van der Waals surface area contributed by atoms with Crippen LogP contribution in [0.15, 0.2) is 0 Å². The van der Waals surface area contributed by atoms with Crippen molar-refractivity contribution in [1.82, 2.24) is 0 Å². The molecule has 0 aromatic carbocycles. The number of halogens is 1. The zero-order valence-corrected chi connectivity index (χ0v) is 6.33. The first-order chi connectivity index (χ1) is 1.73. The third-order valence-electron chi connectivity index (χ3n) is 0. The fourth-order valence-electron chi connectivity index (χ4n) is 0. The summed E-state index contributed by atoms with van der Waals surface area (Å²) in [6, 6.07) is 0. The van der Waals surface area contributed by atoms with E-state index in [4.69, 9.17) is 15.1 Å². The Labute approximate surface area is 95.0 Å². The van der Waals surface area contributed by atoms with Crippen molar-refractivity contribution < 1.29 is 71.0 Å². The predicted octanol–water partition coefficient (Wildman–Crippen LogP) is -8.85. The van der Waals surface area contributed by atoms with E-state index < -0.39 is 7.32 Å². The molecular formula is H9AlBFLiNaO3. The second-order valence-corrected chi connectivity index (χ2v) is 0.346. The van der Waals surface area contributed by atoms with Gasteiger partial charge in [0.1, 0.15) is 0 Å². The van der Waals surface area contributed by atoms with Crippen molar-refractivity contribution in [2.24, 2.45) is 0 Å². The summed E-state index contributed by atoms with van der Waals surface area (Å²) in [5.74, 6) is 0. The van der Waals surface area contributed by atoms with Gasteiger partial charge in [0.15, 0.2) is 17.4 Å². The predicted molar refractivity (Wildman–Crippen MR) is 27.1 cm³/mol. The second kappa shape index (κ2) is 23.0. The van der Waals surface area contributed by atoms with E-state index in [1.165, 1.54) is 0 Å². The molecule has 0 rings (SSSR count). The molecule has 0 aromatic heterocycles. The van der Waals surface area contributed by atoms with Gasteiger partial charge in [-0.2, -0.15) is 0 Å². The van der Waals surface area contributed by atoms with Crippen LogP contribution in [0, 0.1) is 0 Å². The van der Waals surface area contributed by atoms with Gasteiger partial charge in [0.2, 0.25) is 0 Å². The molecule has 0 saturated heterocycles. The van der Waals surface area contributed by atoms with E-state index in [2.05, 4.69) is 0 Å². The molecular weight excluding hydrogens is 135 g/mol. The molecule has 8 heteroatoms. The summed E-state index contributed by atoms with van der Waals surface area (Å²) in [7, 11) is -2.17. The maximum Gasteiger partial charge on any atom is 1.00 e. The van der Waals surface area contributed by atoms with E-state index in [1.807, 2.05) is 0 Å². The molecule has 3 N–H and O–H groups in total. The normalized spacial score (nSPS) is 3.38. The second-order valence-electron chi connectivity index (χ2n) is 0.346. The first-order valence-electron chi connectivity index (χ1n) is 0.775. The summed E-state index contributed by atoms with van der Waals surface area (Å²) < 4.78 is 0. The zero-order valence-electron chi connectivity index (χ0n) is 6.33. The van der Waals surface area contributed by atoms with Crippen molar-refractivity contribution in [2.45, 2.75) is 0 Å². The minimum Gasteiger partial charge on any atom is -1.00 e. The van der Waals surface area contributed by atoms with Gasteiger partial charge in [0, 0.05) is 0 Å². The van der Waals surface area contributed by atoms with Crippen molar-refractivity contribution in [3.05, 3.63) is 0 Å². The van der Waals surface area contributed by atoms with E-state index in [1.54, 1.807) is 0 Å². The Morgan fingerprint density at radius 3 is 1.12 bits per heavy atom. The van der Waals surface area contributed by atoms with E-state index in [0.717, 1.165) is 0 Å². The summed E-state index contributed by atoms with van der Waals surface area (Å²) in [6.07, 6.45) is 0. The molecule has 0 spiro atoms. The Hall–Kier alpha value is 2.00. The van der Waals surface area contributed by atoms with E-state index >= 15 is 0 Å². The van der Waals surface area contributed by atoms with Crippen molar-refractivity contribution in [1.29, 1.82) is 0 Å². The molecule has 0 aliphatic carbocycles. The van der Waals surface area contributed by atoms with Gasteiger partial charge in [0.25, 0.3) is 0 Å². The average Bonchev–Trinajstić information content (AvgIpc) is 0.811. The van der Waals surface area contributed by atoms with Crippen LogP contribution in [0.2, 0.25) is 0 Å². The van der Waals surface area contributed by atoms with Crippen LogP contribution in [0.4, 0.5) is 4.70 Å². The zero-order chi connectivity index (χ0) is 3.58. The van der Waals surface area contributed by atoms with Gasteiger partial charge in [-0.15, -0.1) is 0 Å². The topological polar surface area (TPSA) is 60.7 Å². The molecule has 0 atom stereocenters. The van der Waals surface area contributed by atoms with E-state index in [9.17, 15) is 0 Å². The summed E-state index contributed by atoms with van der Waals surface area (Å²) >= 11 is 0. The molecule has 42 valence electrons. The van der Waals surface area contributed by atoms with Crippen LogP contribution >= 0.6 is 0 Å². The standard InChI is InChI=1S/Al.BH3O3.FH.Li.Na.5H/c;2-1(3)4;;;;;;;;/h;2-4H;1H;;;;;;;/q;;;2*+1;;;;2*-1. The number of rotatable bonds is 0. The van der Waals surface area contributed by atoms with Gasteiger partial charge in [-0.05, 0) is 0 Å². The third-order valence-corrected chi connectivity index (χ3v) is 0. The van der Waals surface area contributed by atoms with Gasteiger partial charge in [0.05, 0.1) is 0 Å². The summed E-state index contributed by atoms with van der Waals surface area (Å²) in [5.41, 5.74) is 0. The van der Waals surface area contributed by atoms with E-state index in [0.29, 0.717) is 0 Å². The monoisotopic (exact) mass is 144 g/mol. The van der Waals surface area contributed by atoms with Crippen LogP contribution in [0.5, 0.6) is 0 Å². The molecule has 0 heterocycles. The Morgan fingerprint density at radius 2 is 1.12 bits per heavy atom. The SMILES string of the molecule is F.OB(O)O.[AlH3].[H-].[H-].[Li+].[Na+]. The fourth-order valence-corrected chi connectivity index (χ4v) is 0. The average molecular weight is 144 g/mol. The Balaban J connectivity index is -0.00000000300. The molecule has 8 heavy (non-hydrogen) atoms. The number of hydrogen-bond donors (Lipinski definition) is 3. The molecule has 0 amide bonds. The van der Waals surface area contributed by atoms with Gasteiger partial charge < -0.3 is 17.9 Å². The van der Waals surface area contributed by atoms with Crippen LogP contribution < -0.4 is 48.4 Å². The van der Waals surface area contributed by atoms with Crippen LogP contribution in [0.3, 0.4) is 0 Å². The molecule has 3 nitrogen and oxygen atoms in total. The molecule has 0 bridgehead atoms. The van der Waals surface area contributed by atoms with Crippen LogP contribution in [-0.4, -0.2) is 39.8 Å². The molecule has 0 saturated carbocycles. The molecule has 0 aliphatic heterocycles. The smallest absolute Gasteiger partial charge is 1.00 e. The summed E-state index contributed by atoms with van der Waals surface area (Å²) in [6.45, 7) is 0. The van der Waals surface area contributed by atoms with Crippen molar-refractivity contribution in [3.63, 3.8) is 0 Å². The Kier molecular flexibility index (Phi) is 93.3. The summed E-state index contributed by atoms with van der Waals surface area (Å²) in [4.78, 5) is 0. The van der Waals surface area contributed by atoms with Crippen molar-refractivity contribution in [3.8, 4) is 0 Å². The maximum absolute atomic E-state index is 7.17. The fraction of sp³-hybridized carbons (Fsp3) is 0. The first kappa shape index (κ1) is 32.4. The summed E-state index contributed by atoms with van der Waals surface area (Å²) in [5, 5.41) is 21.5. The van der Waals surface area contributed by atoms with Gasteiger partial charge in [-0.1, -0.05) is 0 Å². The Bertz CT molecular complexity index is 31.2. The van der Waals surface area contributed by atoms with Gasteiger partial charge in [-0.25, -0.2) is 0 Å². The van der Waals surface area contributed by atoms with Gasteiger partial charge >= 0.3 is 55.7 Å². The minimum atomic E-state index is -2.17. The third kappa shape index (κ3) is 97.7. The first-order valence-corrected chi connectivity index (χ1v) is 0.775. The van der Waals surface area contributed by atoms with Crippen molar-refractivity contribution >= 4 is 24.7 Å². The quantitative estimate of drug-likeness (QED) is 0.296. The van der Waals surface area contributed by atoms with Crippen LogP contribution in [0.25, 0.3) is 0 Å². The largest absolute Gasteiger partial charge is 1.00 e. The van der Waals surface area contributed by atoms with Crippen LogP contribution in [-0.2, 0) is 0 Å². The molecule has 0 unspecified atom stereocenters. The number of hydrogen-bond acceptors (Lipinski definition) is 3. The van der Waals surface area contributed by atoms with Gasteiger partial charge in [-0.3, -0.25) is 4.70 Å². The molecule has 0 fully saturated rings. The molecule has 0 aliphatic rings. The van der Waals surface area contributed by atoms with Crippen molar-refractivity contribution in [2.75, 3.05) is 0 Å². The maximum atomic E-state index is 7.17. The Morgan fingerprint density at radius 1 is 1.12 bits per heavy atom. The molecule has 0 aromatic rings. The molecule has 0 radical (unpaired) electrons. The van der Waals surface area contributed by atoms with E-state index in [-0.39, 0.29) is 73.3 Å². The minimum absolute atomic E-state index is 0. The van der Waals surface area contributed by atoms with Crippen LogP contribution in [0.1, 0.15) is 2.85 Å².